The summed E-state index contributed by atoms with van der Waals surface area (Å²) in [6.07, 6.45) is -2.07. The van der Waals surface area contributed by atoms with Gasteiger partial charge in [0.25, 0.3) is 11.8 Å². The molecule has 2 saturated heterocycles. The minimum atomic E-state index is -2.19. The number of aliphatic imine (C=N–C) groups is 1. The number of carbonyl (C=O) groups excluding carboxylic acids is 10. The van der Waals surface area contributed by atoms with Gasteiger partial charge in [-0.1, -0.05) is 159 Å². The molecular formula is C81H147BrClFHgN12O24Si5. The molecule has 7 atom stereocenters. The Kier molecular flexibility index (Phi) is 53.8. The van der Waals surface area contributed by atoms with Crippen molar-refractivity contribution in [2.75, 3.05) is 45.4 Å². The quantitative estimate of drug-likeness (QED) is 0.00803. The van der Waals surface area contributed by atoms with E-state index in [1.54, 1.807) is 37.3 Å². The zero-order chi connectivity index (χ0) is 96.6. The average Bonchev–Trinajstić information content (AvgIpc) is 1.70. The van der Waals surface area contributed by atoms with E-state index in [9.17, 15) is 57.4 Å². The largest absolute Gasteiger partial charge is 0.464 e. The average molecular weight is 2150 g/mol. The van der Waals surface area contributed by atoms with Crippen molar-refractivity contribution in [1.29, 1.82) is 0 Å². The predicted molar refractivity (Wildman–Crippen MR) is 492 cm³/mol. The van der Waals surface area contributed by atoms with Crippen LogP contribution in [0.5, 0.6) is 0 Å². The van der Waals surface area contributed by atoms with Gasteiger partial charge in [0.05, 0.1) is 67.2 Å². The first-order valence-corrected chi connectivity index (χ1v) is 61.4. The smallest absolute Gasteiger partial charge is 0.335 e. The summed E-state index contributed by atoms with van der Waals surface area (Å²) in [4.78, 5) is 139. The Bertz CT molecular complexity index is 3990. The molecule has 4 aliphatic heterocycles. The number of hydrogen-bond donors (Lipinski definition) is 11. The van der Waals surface area contributed by atoms with E-state index in [4.69, 9.17) is 88.0 Å². The molecule has 5 heterocycles. The zero-order valence-electron chi connectivity index (χ0n) is 78.5. The Balaban J connectivity index is -0.00000143. The molecule has 3 aromatic rings. The van der Waals surface area contributed by atoms with E-state index >= 15 is 0 Å². The fraction of sp³-hybridized carbons (Fsp3) is 0.667. The number of halogens is 3. The number of benzene rings is 2. The van der Waals surface area contributed by atoms with Gasteiger partial charge in [-0.3, -0.25) is 43.4 Å². The van der Waals surface area contributed by atoms with E-state index in [-0.39, 0.29) is 121 Å². The fourth-order valence-electron chi connectivity index (χ4n) is 9.02. The van der Waals surface area contributed by atoms with Crippen LogP contribution >= 0.6 is 27.0 Å². The number of carbonyl (C=O) groups is 10. The second-order valence-corrected chi connectivity index (χ2v) is 67.3. The Morgan fingerprint density at radius 2 is 1.06 bits per heavy atom. The number of hydroxylamine groups is 3. The third-order valence-corrected chi connectivity index (χ3v) is 49.7. The van der Waals surface area contributed by atoms with Crippen LogP contribution in [0.15, 0.2) is 51.9 Å². The van der Waals surface area contributed by atoms with Crippen LogP contribution in [0, 0.1) is 12.7 Å². The maximum Gasteiger partial charge on any atom is 0.335 e. The molecule has 0 radical (unpaired) electrons. The monoisotopic (exact) mass is 2150 g/mol. The predicted octanol–water partition coefficient (Wildman–Crippen LogP) is 11.6. The van der Waals surface area contributed by atoms with Gasteiger partial charge < -0.3 is 82.2 Å². The first-order chi connectivity index (χ1) is 56.4. The van der Waals surface area contributed by atoms with E-state index in [0.717, 1.165) is 10.6 Å². The molecule has 0 aliphatic carbocycles. The number of fused-ring (bicyclic) bond motifs is 2. The molecule has 0 saturated carbocycles. The Labute approximate surface area is 776 Å². The number of nitrogen functional groups attached to an aromatic ring is 1. The van der Waals surface area contributed by atoms with Crippen molar-refractivity contribution in [3.63, 3.8) is 0 Å². The number of amidine groups is 1. The van der Waals surface area contributed by atoms with E-state index in [1.165, 1.54) is 26.0 Å². The number of ether oxygens (including phenoxy) is 2. The van der Waals surface area contributed by atoms with Crippen LogP contribution in [0.25, 0.3) is 0 Å². The number of anilines is 1. The van der Waals surface area contributed by atoms with Crippen LogP contribution in [0.3, 0.4) is 0 Å². The molecule has 19 N–H and O–H groups in total. The van der Waals surface area contributed by atoms with E-state index < -0.39 is 138 Å². The SMILES string of the molecule is C.CC(=O)[O][Hg][O]C(C)=O.CC(C)(C)[Si](C)(C)Cl.CC(C)(C)[Si](C)(C)OC1CCOC1=O.CC(C)(C)[Si](C)(C)O[C@@H](CCO)C(N)=O.CC(C)(C)[Si](C)(C)O[C@@H](CCON)C(N)=O.CC(C)(C)[Si](C)(C)O[C@@H](CCON1C(=O)c2ccccc2C1=O)C(N)=O.Cc1nc(N)nc2c1C(NOCC[C@H](O)C(N)=O)=N[C@@H](c1ccc(F)cc1Br)C2.N.O=C1OCCC1O. The van der Waals surface area contributed by atoms with Gasteiger partial charge in [0.1, 0.15) is 36.3 Å². The molecule has 2 fully saturated rings. The van der Waals surface area contributed by atoms with Crippen LogP contribution < -0.4 is 46.2 Å². The maximum atomic E-state index is 13.5. The zero-order valence-corrected chi connectivity index (χ0v) is 91.3. The number of aryl methyl sites for hydroxylation is 1. The molecule has 2 aromatic carbocycles. The molecule has 2 unspecified atom stereocenters. The number of primary amides is 4. The van der Waals surface area contributed by atoms with E-state index in [0.29, 0.717) is 82.3 Å². The molecular weight excluding hydrogens is 2000 g/mol. The minimum absolute atomic E-state index is 0. The summed E-state index contributed by atoms with van der Waals surface area (Å²) >= 11 is 7.48. The number of amides is 6. The number of nitrogens with zero attached hydrogens (tertiary/aromatic N) is 4. The number of cyclic esters (lactones) is 2. The van der Waals surface area contributed by atoms with Gasteiger partial charge >= 0.3 is 78.1 Å². The van der Waals surface area contributed by atoms with Gasteiger partial charge in [-0.25, -0.2) is 35.3 Å². The molecule has 0 spiro atoms. The normalized spacial score (nSPS) is 16.6. The van der Waals surface area contributed by atoms with E-state index in [1.807, 2.05) is 13.1 Å². The van der Waals surface area contributed by atoms with Gasteiger partial charge in [0, 0.05) is 56.0 Å². The first-order valence-electron chi connectivity index (χ1n) is 40.5. The third kappa shape index (κ3) is 43.3. The standard InChI is InChI=1S/C18H20BrFN6O3.C18H26N2O5Si.C10H24N2O3Si.C10H23NO3Si.C10H20O3Si.C6H15ClSi.C4H6O3.2C2H4O2.CH4.Hg.H3N/c1-8-15-13(25-18(22)23-8)7-12(10-3-2-9(20)6-11(10)19)24-17(15)26-29-5-4-14(27)16(21)28;1-18(2,3)26(4,5)25-14(15(19)21)10-11-24-20-16(22)12-8-6-7-9-13(12)17(20)23;1-10(2,3)16(4,5)15-8(9(11)13)6-7-14-12;1-10(2,3)15(4,5)14-8(6-7-12)9(11)13;1-10(2,3)14(4,5)13-8-6-7-12-9(8)11;1-6(2,3)8(4,5)7;5-3-1-2-7-4(3)6;2*1-2(3)4;;;/h2-3,6,12,14,27H,4-5,7H2,1H3,(H2,21,28)(H,24,26)(H2,22,23,25);6-9,14H,10-11H2,1-5H3,(H2,19,21);8H,6-7,12H2,1-5H3,(H2,11,13);8,12H,6-7H2,1-5H3,(H2,11,13);8H,6-7H2,1-5H3;1-5H3;3,5H,1-2H2;2*1H3,(H,3,4);1H4;;1H3/q;;;;;;;;;;+2;/p-2/t12-,14+;14-;2*8-;;;;;;;;/m1000......../s1. The molecule has 4 aliphatic rings. The van der Waals surface area contributed by atoms with Gasteiger partial charge in [-0.05, 0) is 114 Å². The Morgan fingerprint density at radius 3 is 1.40 bits per heavy atom. The van der Waals surface area contributed by atoms with Gasteiger partial charge in [0.15, 0.2) is 52.6 Å². The summed E-state index contributed by atoms with van der Waals surface area (Å²) in [5.41, 5.74) is 32.9. The summed E-state index contributed by atoms with van der Waals surface area (Å²) in [6, 6.07) is 10.5. The molecule has 0 bridgehead atoms. The van der Waals surface area contributed by atoms with E-state index in [2.05, 4.69) is 207 Å². The molecule has 7 rings (SSSR count). The van der Waals surface area contributed by atoms with Crippen molar-refractivity contribution in [3.05, 3.63) is 86.4 Å². The van der Waals surface area contributed by atoms with Crippen molar-refractivity contribution >= 4 is 139 Å². The van der Waals surface area contributed by atoms with Crippen LogP contribution in [-0.4, -0.2) is 212 Å². The van der Waals surface area contributed by atoms with Crippen molar-refractivity contribution in [2.45, 2.75) is 310 Å². The Hall–Kier alpha value is -6.07. The summed E-state index contributed by atoms with van der Waals surface area (Å²) in [5, 5.41) is 28.0. The van der Waals surface area contributed by atoms with Crippen molar-refractivity contribution in [3.8, 4) is 0 Å². The number of nitrogens with two attached hydrogens (primary N) is 6. The summed E-state index contributed by atoms with van der Waals surface area (Å²) < 4.78 is 56.0. The van der Waals surface area contributed by atoms with Crippen molar-refractivity contribution in [2.24, 2.45) is 33.8 Å². The molecule has 1 aromatic heterocycles. The Morgan fingerprint density at radius 1 is 0.643 bits per heavy atom. The van der Waals surface area contributed by atoms with Crippen LogP contribution in [0.4, 0.5) is 10.3 Å². The second kappa shape index (κ2) is 54.7. The maximum absolute atomic E-state index is 13.5. The number of imide groups is 1. The molecule has 718 valence electrons. The van der Waals surface area contributed by atoms with Crippen LogP contribution in [0.1, 0.15) is 213 Å². The number of esters is 2. The van der Waals surface area contributed by atoms with Gasteiger partial charge in [-0.15, -0.1) is 5.06 Å². The molecule has 45 heteroatoms. The fourth-order valence-corrected chi connectivity index (χ4v) is 16.3. The molecule has 6 amide bonds. The third-order valence-electron chi connectivity index (χ3n) is 21.7. The minimum Gasteiger partial charge on any atom is -0.464 e. The number of aliphatic hydroxyl groups is 3. The number of hydrogen-bond acceptors (Lipinski definition) is 31. The number of aliphatic hydroxyl groups excluding tert-OH is 3. The molecule has 126 heavy (non-hydrogen) atoms. The summed E-state index contributed by atoms with van der Waals surface area (Å²) in [5.74, 6) is 0.316. The molecule has 36 nitrogen and oxygen atoms in total. The summed E-state index contributed by atoms with van der Waals surface area (Å²) in [6.45, 7) is 58.3. The van der Waals surface area contributed by atoms with Crippen LogP contribution in [-0.2, 0) is 117 Å². The number of nitrogens with one attached hydrogen (secondary N) is 1. The summed E-state index contributed by atoms with van der Waals surface area (Å²) in [7, 11) is -9.35. The number of rotatable bonds is 28. The van der Waals surface area contributed by atoms with Crippen LogP contribution in [0.2, 0.25) is 90.7 Å². The topological polar surface area (TPSA) is 577 Å². The second-order valence-electron chi connectivity index (χ2n) is 37.0. The van der Waals surface area contributed by atoms with Crippen molar-refractivity contribution in [1.82, 2.24) is 26.7 Å². The first kappa shape index (κ1) is 124. The number of aromatic nitrogens is 2. The van der Waals surface area contributed by atoms with Gasteiger partial charge in [0.2, 0.25) is 29.6 Å². The van der Waals surface area contributed by atoms with Crippen molar-refractivity contribution < 1.29 is 140 Å². The van der Waals surface area contributed by atoms with Gasteiger partial charge in [-0.2, -0.15) is 11.1 Å².